The quantitative estimate of drug-likeness (QED) is 0.827. The Morgan fingerprint density at radius 3 is 2.50 bits per heavy atom. The number of hydrogen-bond donors (Lipinski definition) is 1. The van der Waals surface area contributed by atoms with Gasteiger partial charge in [0.1, 0.15) is 5.75 Å². The van der Waals surface area contributed by atoms with Gasteiger partial charge in [0.25, 0.3) is 5.91 Å². The van der Waals surface area contributed by atoms with Gasteiger partial charge in [0.15, 0.2) is 6.61 Å². The van der Waals surface area contributed by atoms with Crippen LogP contribution in [0.1, 0.15) is 35.6 Å². The van der Waals surface area contributed by atoms with Gasteiger partial charge in [-0.3, -0.25) is 9.69 Å². The molecular weight excluding hydrogens is 324 g/mol. The summed E-state index contributed by atoms with van der Waals surface area (Å²) in [6.07, 6.45) is 2.46. The third-order valence-electron chi connectivity index (χ3n) is 4.90. The third kappa shape index (κ3) is 5.09. The number of ether oxygens (including phenoxy) is 1. The second-order valence-corrected chi connectivity index (χ2v) is 7.08. The highest BCUT2D eigenvalue weighted by molar-refractivity contribution is 5.77. The van der Waals surface area contributed by atoms with Gasteiger partial charge in [0.2, 0.25) is 0 Å². The van der Waals surface area contributed by atoms with Gasteiger partial charge < -0.3 is 10.1 Å². The highest BCUT2D eigenvalue weighted by Crippen LogP contribution is 2.25. The van der Waals surface area contributed by atoms with Gasteiger partial charge >= 0.3 is 0 Å². The van der Waals surface area contributed by atoms with E-state index in [1.54, 1.807) is 0 Å². The molecule has 1 heterocycles. The standard InChI is InChI=1S/C22H28N2O2/c1-17-8-10-19(11-9-17)21(24-12-3-4-13-24)15-23-22(25)16-26-20-7-5-6-18(2)14-20/h5-11,14,21H,3-4,12-13,15-16H2,1-2H3,(H,23,25)/t21-/m0/s1. The molecule has 138 valence electrons. The summed E-state index contributed by atoms with van der Waals surface area (Å²) >= 11 is 0. The number of carbonyl (C=O) groups excluding carboxylic acids is 1. The van der Waals surface area contributed by atoms with Crippen molar-refractivity contribution in [2.45, 2.75) is 32.7 Å². The molecular formula is C22H28N2O2. The molecule has 1 aliphatic rings. The molecule has 0 bridgehead atoms. The number of likely N-dealkylation sites (tertiary alicyclic amines) is 1. The van der Waals surface area contributed by atoms with Crippen molar-refractivity contribution in [1.82, 2.24) is 10.2 Å². The summed E-state index contributed by atoms with van der Waals surface area (Å²) in [5, 5.41) is 3.05. The molecule has 1 saturated heterocycles. The summed E-state index contributed by atoms with van der Waals surface area (Å²) in [6, 6.07) is 16.6. The molecule has 2 aromatic carbocycles. The number of amides is 1. The Balaban J connectivity index is 1.56. The summed E-state index contributed by atoms with van der Waals surface area (Å²) in [5.41, 5.74) is 3.64. The summed E-state index contributed by atoms with van der Waals surface area (Å²) in [5.74, 6) is 0.651. The molecule has 0 saturated carbocycles. The van der Waals surface area contributed by atoms with Crippen molar-refractivity contribution in [2.75, 3.05) is 26.2 Å². The number of nitrogens with one attached hydrogen (secondary N) is 1. The SMILES string of the molecule is Cc1ccc([C@H](CNC(=O)COc2cccc(C)c2)N2CCCC2)cc1. The third-order valence-corrected chi connectivity index (χ3v) is 4.90. The van der Waals surface area contributed by atoms with Gasteiger partial charge in [-0.2, -0.15) is 0 Å². The predicted molar refractivity (Wildman–Crippen MR) is 104 cm³/mol. The van der Waals surface area contributed by atoms with Crippen LogP contribution in [0.15, 0.2) is 48.5 Å². The van der Waals surface area contributed by atoms with Crippen molar-refractivity contribution in [3.05, 3.63) is 65.2 Å². The first-order valence-electron chi connectivity index (χ1n) is 9.38. The molecule has 1 fully saturated rings. The molecule has 0 aliphatic carbocycles. The number of nitrogens with zero attached hydrogens (tertiary/aromatic N) is 1. The summed E-state index contributed by atoms with van der Waals surface area (Å²) in [6.45, 7) is 6.94. The average Bonchev–Trinajstić information content (AvgIpc) is 3.16. The van der Waals surface area contributed by atoms with Crippen molar-refractivity contribution in [3.8, 4) is 5.75 Å². The second kappa shape index (κ2) is 8.86. The first-order valence-corrected chi connectivity index (χ1v) is 9.38. The summed E-state index contributed by atoms with van der Waals surface area (Å²) < 4.78 is 5.60. The molecule has 2 aromatic rings. The fourth-order valence-electron chi connectivity index (χ4n) is 3.42. The zero-order valence-electron chi connectivity index (χ0n) is 15.7. The summed E-state index contributed by atoms with van der Waals surface area (Å²) in [4.78, 5) is 14.7. The van der Waals surface area contributed by atoms with Crippen LogP contribution in [0.3, 0.4) is 0 Å². The largest absolute Gasteiger partial charge is 0.484 e. The van der Waals surface area contributed by atoms with Crippen LogP contribution in [0.25, 0.3) is 0 Å². The minimum atomic E-state index is -0.0807. The molecule has 26 heavy (non-hydrogen) atoms. The Kier molecular flexibility index (Phi) is 6.29. The van der Waals surface area contributed by atoms with Crippen LogP contribution in [0.5, 0.6) is 5.75 Å². The van der Waals surface area contributed by atoms with Gasteiger partial charge in [-0.05, 0) is 63.0 Å². The highest BCUT2D eigenvalue weighted by Gasteiger charge is 2.23. The number of hydrogen-bond acceptors (Lipinski definition) is 3. The Hall–Kier alpha value is -2.33. The highest BCUT2D eigenvalue weighted by atomic mass is 16.5. The van der Waals surface area contributed by atoms with E-state index in [1.807, 2.05) is 31.2 Å². The lowest BCUT2D eigenvalue weighted by Crippen LogP contribution is -2.38. The van der Waals surface area contributed by atoms with Crippen molar-refractivity contribution in [3.63, 3.8) is 0 Å². The topological polar surface area (TPSA) is 41.6 Å². The second-order valence-electron chi connectivity index (χ2n) is 7.08. The molecule has 4 nitrogen and oxygen atoms in total. The number of benzene rings is 2. The minimum absolute atomic E-state index is 0.0457. The minimum Gasteiger partial charge on any atom is -0.484 e. The van der Waals surface area contributed by atoms with Gasteiger partial charge in [-0.15, -0.1) is 0 Å². The first-order chi connectivity index (χ1) is 12.6. The van der Waals surface area contributed by atoms with Crippen molar-refractivity contribution in [2.24, 2.45) is 0 Å². The maximum Gasteiger partial charge on any atom is 0.258 e. The maximum atomic E-state index is 12.3. The van der Waals surface area contributed by atoms with E-state index in [0.29, 0.717) is 6.54 Å². The van der Waals surface area contributed by atoms with Crippen molar-refractivity contribution < 1.29 is 9.53 Å². The van der Waals surface area contributed by atoms with E-state index in [0.717, 1.165) is 24.4 Å². The van der Waals surface area contributed by atoms with E-state index in [4.69, 9.17) is 4.74 Å². The normalized spacial score (nSPS) is 15.6. The lowest BCUT2D eigenvalue weighted by molar-refractivity contribution is -0.123. The molecule has 1 amide bonds. The molecule has 1 N–H and O–H groups in total. The van der Waals surface area contributed by atoms with Gasteiger partial charge in [0, 0.05) is 6.54 Å². The molecule has 0 unspecified atom stereocenters. The average molecular weight is 352 g/mol. The zero-order chi connectivity index (χ0) is 18.4. The summed E-state index contributed by atoms with van der Waals surface area (Å²) in [7, 11) is 0. The lowest BCUT2D eigenvalue weighted by Gasteiger charge is -2.28. The van der Waals surface area contributed by atoms with E-state index >= 15 is 0 Å². The first kappa shape index (κ1) is 18.5. The van der Waals surface area contributed by atoms with Crippen LogP contribution in [0.2, 0.25) is 0 Å². The molecule has 0 spiro atoms. The Morgan fingerprint density at radius 1 is 1.08 bits per heavy atom. The Bertz CT molecular complexity index is 721. The van der Waals surface area contributed by atoms with E-state index < -0.39 is 0 Å². The van der Waals surface area contributed by atoms with Crippen LogP contribution >= 0.6 is 0 Å². The van der Waals surface area contributed by atoms with E-state index in [1.165, 1.54) is 24.0 Å². The monoisotopic (exact) mass is 352 g/mol. The van der Waals surface area contributed by atoms with E-state index in [-0.39, 0.29) is 18.6 Å². The smallest absolute Gasteiger partial charge is 0.258 e. The van der Waals surface area contributed by atoms with Crippen molar-refractivity contribution in [1.29, 1.82) is 0 Å². The van der Waals surface area contributed by atoms with Crippen LogP contribution in [0.4, 0.5) is 0 Å². The predicted octanol–water partition coefficient (Wildman–Crippen LogP) is 3.64. The maximum absolute atomic E-state index is 12.3. The molecule has 0 radical (unpaired) electrons. The molecule has 0 aromatic heterocycles. The number of carbonyl (C=O) groups is 1. The Morgan fingerprint density at radius 2 is 1.81 bits per heavy atom. The van der Waals surface area contributed by atoms with Crippen molar-refractivity contribution >= 4 is 5.91 Å². The Labute approximate surface area is 156 Å². The molecule has 4 heteroatoms. The fourth-order valence-corrected chi connectivity index (χ4v) is 3.42. The number of rotatable bonds is 7. The lowest BCUT2D eigenvalue weighted by atomic mass is 10.0. The van der Waals surface area contributed by atoms with Crippen LogP contribution in [-0.2, 0) is 4.79 Å². The number of aryl methyl sites for hydroxylation is 2. The van der Waals surface area contributed by atoms with Gasteiger partial charge in [-0.1, -0.05) is 42.0 Å². The fraction of sp³-hybridized carbons (Fsp3) is 0.409. The molecule has 1 aliphatic heterocycles. The van der Waals surface area contributed by atoms with Gasteiger partial charge in [-0.25, -0.2) is 0 Å². The van der Waals surface area contributed by atoms with Crippen LogP contribution < -0.4 is 10.1 Å². The molecule has 3 rings (SSSR count). The van der Waals surface area contributed by atoms with E-state index in [2.05, 4.69) is 41.4 Å². The van der Waals surface area contributed by atoms with E-state index in [9.17, 15) is 4.79 Å². The zero-order valence-corrected chi connectivity index (χ0v) is 15.7. The van der Waals surface area contributed by atoms with Crippen LogP contribution in [0, 0.1) is 13.8 Å². The van der Waals surface area contributed by atoms with Crippen LogP contribution in [-0.4, -0.2) is 37.0 Å². The van der Waals surface area contributed by atoms with Gasteiger partial charge in [0.05, 0.1) is 6.04 Å². The molecule has 1 atom stereocenters.